The molecule has 4 aliphatic rings. The van der Waals surface area contributed by atoms with Crippen molar-refractivity contribution >= 4 is 24.0 Å². The molecular formula is C30H30N4O8. The summed E-state index contributed by atoms with van der Waals surface area (Å²) in [6.07, 6.45) is 5.83. The molecule has 0 saturated carbocycles. The van der Waals surface area contributed by atoms with Crippen LogP contribution in [0.25, 0.3) is 0 Å². The number of carbonyl (C=O) groups is 4. The van der Waals surface area contributed by atoms with E-state index >= 15 is 0 Å². The molecular weight excluding hydrogens is 544 g/mol. The number of hydrogen-bond donors (Lipinski definition) is 0. The summed E-state index contributed by atoms with van der Waals surface area (Å²) in [6, 6.07) is 7.32. The predicted molar refractivity (Wildman–Crippen MR) is 146 cm³/mol. The molecule has 12 nitrogen and oxygen atoms in total. The summed E-state index contributed by atoms with van der Waals surface area (Å²) in [5.41, 5.74) is -1.67. The summed E-state index contributed by atoms with van der Waals surface area (Å²) < 4.78 is 22.5. The third-order valence-electron chi connectivity index (χ3n) is 8.58. The first-order valence-corrected chi connectivity index (χ1v) is 13.6. The van der Waals surface area contributed by atoms with E-state index < -0.39 is 35.3 Å². The van der Waals surface area contributed by atoms with E-state index in [0.29, 0.717) is 39.3 Å². The Balaban J connectivity index is 1.72. The largest absolute Gasteiger partial charge is 0.496 e. The highest BCUT2D eigenvalue weighted by Gasteiger charge is 2.87. The van der Waals surface area contributed by atoms with Gasteiger partial charge in [-0.25, -0.2) is 19.2 Å². The van der Waals surface area contributed by atoms with Crippen molar-refractivity contribution in [1.29, 1.82) is 0 Å². The second kappa shape index (κ2) is 9.58. The molecule has 0 aromatic heterocycles. The molecule has 2 saturated heterocycles. The standard InChI is InChI=1S/C30H30N4O8/c1-6-18-10-9-11-19-14-31-27(37)33-16-21-22(24(40-5)13-12-23(21)39-4)17-34-28(38)32(15-20(18)19)29(31,25(35)41-7-2)30(33,34)26(36)42-8-3/h1,9-13H,7-8,14-17H2,2-5H3/t29-,30+/m1/s1. The lowest BCUT2D eigenvalue weighted by molar-refractivity contribution is -0.191. The third-order valence-corrected chi connectivity index (χ3v) is 8.58. The maximum absolute atomic E-state index is 14.7. The zero-order chi connectivity index (χ0) is 30.0. The van der Waals surface area contributed by atoms with E-state index in [2.05, 4.69) is 5.92 Å². The van der Waals surface area contributed by atoms with Crippen LogP contribution in [0.5, 0.6) is 11.5 Å². The van der Waals surface area contributed by atoms with E-state index in [4.69, 9.17) is 25.4 Å². The molecule has 2 aromatic rings. The molecule has 218 valence electrons. The number of ether oxygens (including phenoxy) is 4. The molecule has 6 rings (SSSR count). The molecule has 0 unspecified atom stereocenters. The Kier molecular flexibility index (Phi) is 6.22. The number of urea groups is 2. The monoisotopic (exact) mass is 574 g/mol. The van der Waals surface area contributed by atoms with Gasteiger partial charge in [-0.15, -0.1) is 6.42 Å². The Labute approximate surface area is 242 Å². The lowest BCUT2D eigenvalue weighted by atomic mass is 9.90. The number of esters is 2. The number of benzene rings is 2. The Bertz CT molecular complexity index is 1580. The smallest absolute Gasteiger partial charge is 0.358 e. The fourth-order valence-corrected chi connectivity index (χ4v) is 6.93. The van der Waals surface area contributed by atoms with Crippen molar-refractivity contribution in [2.45, 2.75) is 51.4 Å². The Morgan fingerprint density at radius 3 is 1.64 bits per heavy atom. The van der Waals surface area contributed by atoms with Crippen molar-refractivity contribution in [2.75, 3.05) is 27.4 Å². The van der Waals surface area contributed by atoms with Crippen LogP contribution in [-0.2, 0) is 45.2 Å². The van der Waals surface area contributed by atoms with Gasteiger partial charge in [0.1, 0.15) is 11.5 Å². The molecule has 2 atom stereocenters. The zero-order valence-corrected chi connectivity index (χ0v) is 23.8. The van der Waals surface area contributed by atoms with Gasteiger partial charge in [-0.2, -0.15) is 0 Å². The van der Waals surface area contributed by atoms with Crippen LogP contribution in [0.15, 0.2) is 30.3 Å². The summed E-state index contributed by atoms with van der Waals surface area (Å²) in [4.78, 5) is 63.2. The fourth-order valence-electron chi connectivity index (χ4n) is 6.93. The fraction of sp³-hybridized carbons (Fsp3) is 0.400. The van der Waals surface area contributed by atoms with Crippen LogP contribution in [0.2, 0.25) is 0 Å². The molecule has 0 radical (unpaired) electrons. The van der Waals surface area contributed by atoms with Crippen molar-refractivity contribution in [1.82, 2.24) is 19.6 Å². The topological polar surface area (TPSA) is 118 Å². The molecule has 0 aliphatic carbocycles. The van der Waals surface area contributed by atoms with Gasteiger partial charge in [-0.1, -0.05) is 18.1 Å². The number of hydrogen-bond acceptors (Lipinski definition) is 8. The third kappa shape index (κ3) is 3.08. The number of nitrogens with zero attached hydrogens (tertiary/aromatic N) is 4. The molecule has 2 fully saturated rings. The number of rotatable bonds is 6. The van der Waals surface area contributed by atoms with Crippen LogP contribution in [0.4, 0.5) is 9.59 Å². The minimum absolute atomic E-state index is 0.0615. The van der Waals surface area contributed by atoms with Crippen LogP contribution in [0.3, 0.4) is 0 Å². The second-order valence-electron chi connectivity index (χ2n) is 10.2. The predicted octanol–water partition coefficient (Wildman–Crippen LogP) is 2.41. The minimum atomic E-state index is -2.25. The van der Waals surface area contributed by atoms with E-state index in [9.17, 15) is 19.2 Å². The molecule has 4 heterocycles. The number of methoxy groups -OCH3 is 2. The Morgan fingerprint density at radius 1 is 0.762 bits per heavy atom. The lowest BCUT2D eigenvalue weighted by Gasteiger charge is -2.43. The highest BCUT2D eigenvalue weighted by Crippen LogP contribution is 2.58. The molecule has 0 N–H and O–H groups in total. The van der Waals surface area contributed by atoms with Crippen LogP contribution in [0.1, 0.15) is 41.7 Å². The van der Waals surface area contributed by atoms with Gasteiger partial charge < -0.3 is 18.9 Å². The van der Waals surface area contributed by atoms with Gasteiger partial charge >= 0.3 is 24.0 Å². The zero-order valence-electron chi connectivity index (χ0n) is 23.8. The van der Waals surface area contributed by atoms with Crippen LogP contribution in [-0.4, -0.2) is 82.4 Å². The van der Waals surface area contributed by atoms with Crippen LogP contribution < -0.4 is 9.47 Å². The van der Waals surface area contributed by atoms with Crippen LogP contribution in [0, 0.1) is 12.3 Å². The van der Waals surface area contributed by atoms with Gasteiger partial charge in [-0.3, -0.25) is 19.6 Å². The first-order valence-electron chi connectivity index (χ1n) is 13.6. The number of fused-ring (bicyclic) bond motifs is 2. The van der Waals surface area contributed by atoms with E-state index in [1.165, 1.54) is 33.8 Å². The average Bonchev–Trinajstić information content (AvgIpc) is 3.16. The molecule has 4 amide bonds. The maximum atomic E-state index is 14.7. The van der Waals surface area contributed by atoms with E-state index in [1.807, 2.05) is 0 Å². The first-order chi connectivity index (χ1) is 20.3. The second-order valence-corrected chi connectivity index (χ2v) is 10.2. The lowest BCUT2D eigenvalue weighted by Crippen LogP contribution is -2.75. The average molecular weight is 575 g/mol. The molecule has 12 heteroatoms. The highest BCUT2D eigenvalue weighted by molar-refractivity contribution is 6.10. The summed E-state index contributed by atoms with van der Waals surface area (Å²) in [5.74, 6) is 1.64. The van der Waals surface area contributed by atoms with Crippen molar-refractivity contribution < 1.29 is 38.1 Å². The summed E-state index contributed by atoms with van der Waals surface area (Å²) in [5, 5.41) is 0. The molecule has 0 spiro atoms. The van der Waals surface area contributed by atoms with Crippen molar-refractivity contribution in [2.24, 2.45) is 0 Å². The van der Waals surface area contributed by atoms with Crippen molar-refractivity contribution in [3.8, 4) is 23.8 Å². The highest BCUT2D eigenvalue weighted by atomic mass is 16.6. The normalized spacial score (nSPS) is 23.3. The molecule has 42 heavy (non-hydrogen) atoms. The summed E-state index contributed by atoms with van der Waals surface area (Å²) in [6.45, 7) is 2.48. The number of terminal acetylenes is 1. The van der Waals surface area contributed by atoms with Gasteiger partial charge in [0.2, 0.25) is 0 Å². The van der Waals surface area contributed by atoms with Gasteiger partial charge in [0.25, 0.3) is 11.3 Å². The number of carbonyl (C=O) groups excluding carboxylic acids is 4. The molecule has 2 aromatic carbocycles. The van der Waals surface area contributed by atoms with Gasteiger partial charge in [0.15, 0.2) is 0 Å². The SMILES string of the molecule is C#Cc1cccc2c1CN1C(=O)N3Cc4c(OC)ccc(OC)c4CN4C(=O)N(C2)[C@@]1(C(=O)OCC)[C@@]43C(=O)OCC. The first kappa shape index (κ1) is 27.3. The molecule has 4 aliphatic heterocycles. The van der Waals surface area contributed by atoms with E-state index in [1.54, 1.807) is 44.2 Å². The number of amides is 4. The van der Waals surface area contributed by atoms with E-state index in [0.717, 1.165) is 0 Å². The van der Waals surface area contributed by atoms with Crippen molar-refractivity contribution in [3.05, 3.63) is 58.1 Å². The maximum Gasteiger partial charge on any atom is 0.358 e. The van der Waals surface area contributed by atoms with Gasteiger partial charge in [0.05, 0.1) is 53.6 Å². The Hall–Kier alpha value is -4.92. The van der Waals surface area contributed by atoms with Gasteiger partial charge in [0, 0.05) is 16.7 Å². The summed E-state index contributed by atoms with van der Waals surface area (Å²) in [7, 11) is 2.97. The molecule has 0 bridgehead atoms. The van der Waals surface area contributed by atoms with Crippen molar-refractivity contribution in [3.63, 3.8) is 0 Å². The van der Waals surface area contributed by atoms with Crippen LogP contribution >= 0.6 is 0 Å². The quantitative estimate of drug-likeness (QED) is 0.381. The summed E-state index contributed by atoms with van der Waals surface area (Å²) >= 11 is 0. The van der Waals surface area contributed by atoms with E-state index in [-0.39, 0.29) is 39.4 Å². The minimum Gasteiger partial charge on any atom is -0.496 e. The Morgan fingerprint density at radius 2 is 1.21 bits per heavy atom. The van der Waals surface area contributed by atoms with Gasteiger partial charge in [-0.05, 0) is 43.2 Å².